The number of esters is 1. The van der Waals surface area contributed by atoms with E-state index in [0.717, 1.165) is 15.7 Å². The summed E-state index contributed by atoms with van der Waals surface area (Å²) in [6.45, 7) is 6.66. The average Bonchev–Trinajstić information content (AvgIpc) is 2.93. The van der Waals surface area contributed by atoms with E-state index >= 15 is 0 Å². The number of nitrogens with one attached hydrogen (secondary N) is 1. The highest BCUT2D eigenvalue weighted by molar-refractivity contribution is 7.15. The second-order valence-electron chi connectivity index (χ2n) is 3.86. The summed E-state index contributed by atoms with van der Waals surface area (Å²) in [7, 11) is 0. The summed E-state index contributed by atoms with van der Waals surface area (Å²) in [4.78, 5) is 22.2. The van der Waals surface area contributed by atoms with Crippen LogP contribution in [0.15, 0.2) is 5.51 Å². The Morgan fingerprint density at radius 1 is 1.47 bits per heavy atom. The van der Waals surface area contributed by atoms with Gasteiger partial charge in [-0.25, -0.2) is 14.8 Å². The van der Waals surface area contributed by atoms with E-state index in [-0.39, 0.29) is 5.97 Å². The summed E-state index contributed by atoms with van der Waals surface area (Å²) in [5.74, 6) is -0.363. The molecule has 102 valence electrons. The zero-order valence-electron chi connectivity index (χ0n) is 11.0. The van der Waals surface area contributed by atoms with Crippen molar-refractivity contribution in [3.05, 3.63) is 26.7 Å². The largest absolute Gasteiger partial charge is 0.461 e. The Kier molecular flexibility index (Phi) is 4.49. The van der Waals surface area contributed by atoms with Crippen LogP contribution in [0.25, 0.3) is 0 Å². The van der Waals surface area contributed by atoms with E-state index in [1.54, 1.807) is 18.3 Å². The van der Waals surface area contributed by atoms with Gasteiger partial charge in [0.15, 0.2) is 10.8 Å². The van der Waals surface area contributed by atoms with Gasteiger partial charge in [0.25, 0.3) is 0 Å². The highest BCUT2D eigenvalue weighted by Gasteiger charge is 2.16. The molecule has 2 heterocycles. The molecule has 1 N–H and O–H groups in total. The van der Waals surface area contributed by atoms with Crippen LogP contribution in [0.5, 0.6) is 0 Å². The number of rotatable bonds is 5. The van der Waals surface area contributed by atoms with E-state index in [1.165, 1.54) is 16.2 Å². The van der Waals surface area contributed by atoms with Crippen molar-refractivity contribution in [3.63, 3.8) is 0 Å². The quantitative estimate of drug-likeness (QED) is 0.859. The molecule has 0 bridgehead atoms. The lowest BCUT2D eigenvalue weighted by Gasteiger charge is -2.00. The molecule has 2 aromatic heterocycles. The summed E-state index contributed by atoms with van der Waals surface area (Å²) < 4.78 is 4.96. The predicted molar refractivity (Wildman–Crippen MR) is 77.0 cm³/mol. The van der Waals surface area contributed by atoms with Crippen molar-refractivity contribution in [1.82, 2.24) is 9.97 Å². The van der Waals surface area contributed by atoms with Crippen LogP contribution in [-0.4, -0.2) is 22.5 Å². The fraction of sp³-hybridized carbons (Fsp3) is 0.417. The van der Waals surface area contributed by atoms with Crippen LogP contribution >= 0.6 is 22.7 Å². The molecule has 2 rings (SSSR count). The van der Waals surface area contributed by atoms with Crippen molar-refractivity contribution in [2.45, 2.75) is 27.3 Å². The van der Waals surface area contributed by atoms with E-state index in [2.05, 4.69) is 15.3 Å². The fourth-order valence-electron chi connectivity index (χ4n) is 1.51. The standard InChI is InChI=1S/C12H15N3O2S2/c1-4-17-11(16)10-8(3)19-12(15-10)13-5-9-7(2)14-6-18-9/h6H,4-5H2,1-3H3,(H,13,15). The minimum absolute atomic E-state index is 0.360. The molecule has 0 saturated carbocycles. The molecular formula is C12H15N3O2S2. The molecule has 0 radical (unpaired) electrons. The highest BCUT2D eigenvalue weighted by Crippen LogP contribution is 2.24. The number of hydrogen-bond acceptors (Lipinski definition) is 7. The first kappa shape index (κ1) is 14.0. The minimum Gasteiger partial charge on any atom is -0.461 e. The summed E-state index contributed by atoms with van der Waals surface area (Å²) in [6.07, 6.45) is 0. The zero-order valence-corrected chi connectivity index (χ0v) is 12.7. The molecule has 19 heavy (non-hydrogen) atoms. The number of carbonyl (C=O) groups excluding carboxylic acids is 1. The maximum absolute atomic E-state index is 11.7. The van der Waals surface area contributed by atoms with Crippen molar-refractivity contribution in [2.24, 2.45) is 0 Å². The van der Waals surface area contributed by atoms with E-state index < -0.39 is 0 Å². The van der Waals surface area contributed by atoms with Gasteiger partial charge >= 0.3 is 5.97 Å². The first-order valence-electron chi connectivity index (χ1n) is 5.89. The number of aromatic nitrogens is 2. The maximum atomic E-state index is 11.7. The number of aryl methyl sites for hydroxylation is 2. The number of carbonyl (C=O) groups is 1. The van der Waals surface area contributed by atoms with Crippen LogP contribution in [-0.2, 0) is 11.3 Å². The lowest BCUT2D eigenvalue weighted by molar-refractivity contribution is 0.0519. The molecule has 2 aromatic rings. The van der Waals surface area contributed by atoms with Crippen molar-refractivity contribution in [1.29, 1.82) is 0 Å². The molecule has 0 aliphatic carbocycles. The summed E-state index contributed by atoms with van der Waals surface area (Å²) in [5, 5.41) is 3.95. The van der Waals surface area contributed by atoms with Crippen LogP contribution in [0.1, 0.15) is 32.9 Å². The van der Waals surface area contributed by atoms with Gasteiger partial charge in [0, 0.05) is 9.75 Å². The minimum atomic E-state index is -0.363. The zero-order chi connectivity index (χ0) is 13.8. The molecule has 0 unspecified atom stereocenters. The van der Waals surface area contributed by atoms with Crippen LogP contribution in [0.4, 0.5) is 5.13 Å². The van der Waals surface area contributed by atoms with Gasteiger partial charge in [-0.3, -0.25) is 0 Å². The van der Waals surface area contributed by atoms with Crippen molar-refractivity contribution < 1.29 is 9.53 Å². The average molecular weight is 297 g/mol. The smallest absolute Gasteiger partial charge is 0.358 e. The third-order valence-corrected chi connectivity index (χ3v) is 4.37. The van der Waals surface area contributed by atoms with Crippen LogP contribution in [0.2, 0.25) is 0 Å². The van der Waals surface area contributed by atoms with Crippen LogP contribution in [0, 0.1) is 13.8 Å². The topological polar surface area (TPSA) is 64.1 Å². The number of anilines is 1. The second kappa shape index (κ2) is 6.12. The Labute approximate surface area is 119 Å². The molecule has 5 nitrogen and oxygen atoms in total. The summed E-state index contributed by atoms with van der Waals surface area (Å²) >= 11 is 3.06. The number of thiazole rings is 2. The molecule has 0 aromatic carbocycles. The highest BCUT2D eigenvalue weighted by atomic mass is 32.1. The predicted octanol–water partition coefficient (Wildman–Crippen LogP) is 3.01. The molecule has 0 aliphatic heterocycles. The fourth-order valence-corrected chi connectivity index (χ4v) is 3.03. The monoisotopic (exact) mass is 297 g/mol. The van der Waals surface area contributed by atoms with Crippen molar-refractivity contribution in [3.8, 4) is 0 Å². The molecular weight excluding hydrogens is 282 g/mol. The molecule has 7 heteroatoms. The van der Waals surface area contributed by atoms with Crippen molar-refractivity contribution >= 4 is 33.8 Å². The lowest BCUT2D eigenvalue weighted by Crippen LogP contribution is -2.07. The first-order chi connectivity index (χ1) is 9.11. The van der Waals surface area contributed by atoms with E-state index in [4.69, 9.17) is 4.74 Å². The Morgan fingerprint density at radius 2 is 2.26 bits per heavy atom. The number of hydrogen-bond donors (Lipinski definition) is 1. The van der Waals surface area contributed by atoms with Crippen LogP contribution in [0.3, 0.4) is 0 Å². The third-order valence-electron chi connectivity index (χ3n) is 2.51. The normalized spacial score (nSPS) is 10.5. The lowest BCUT2D eigenvalue weighted by atomic mass is 10.4. The first-order valence-corrected chi connectivity index (χ1v) is 7.58. The van der Waals surface area contributed by atoms with Gasteiger partial charge in [-0.15, -0.1) is 22.7 Å². The van der Waals surface area contributed by atoms with E-state index in [1.807, 2.05) is 19.4 Å². The Balaban J connectivity index is 2.04. The number of nitrogens with zero attached hydrogens (tertiary/aromatic N) is 2. The Hall–Kier alpha value is -1.47. The molecule has 0 aliphatic rings. The van der Waals surface area contributed by atoms with E-state index in [9.17, 15) is 4.79 Å². The second-order valence-corrected chi connectivity index (χ2v) is 6.00. The summed E-state index contributed by atoms with van der Waals surface area (Å²) in [6, 6.07) is 0. The molecule has 0 amide bonds. The van der Waals surface area contributed by atoms with Crippen molar-refractivity contribution in [2.75, 3.05) is 11.9 Å². The van der Waals surface area contributed by atoms with Gasteiger partial charge in [0.2, 0.25) is 0 Å². The number of ether oxygens (including phenoxy) is 1. The molecule has 0 atom stereocenters. The summed E-state index contributed by atoms with van der Waals surface area (Å²) in [5.41, 5.74) is 3.25. The van der Waals surface area contributed by atoms with Gasteiger partial charge < -0.3 is 10.1 Å². The molecule has 0 fully saturated rings. The van der Waals surface area contributed by atoms with Gasteiger partial charge in [-0.2, -0.15) is 0 Å². The molecule has 0 saturated heterocycles. The van der Waals surface area contributed by atoms with Crippen LogP contribution < -0.4 is 5.32 Å². The Bertz CT molecular complexity index is 577. The SMILES string of the molecule is CCOC(=O)c1nc(NCc2scnc2C)sc1C. The van der Waals surface area contributed by atoms with Gasteiger partial charge in [-0.05, 0) is 20.8 Å². The Morgan fingerprint density at radius 3 is 2.89 bits per heavy atom. The van der Waals surface area contributed by atoms with E-state index in [0.29, 0.717) is 18.8 Å². The molecule has 0 spiro atoms. The van der Waals surface area contributed by atoms with Gasteiger partial charge in [-0.1, -0.05) is 0 Å². The third kappa shape index (κ3) is 3.30. The van der Waals surface area contributed by atoms with Gasteiger partial charge in [0.05, 0.1) is 24.4 Å². The van der Waals surface area contributed by atoms with Gasteiger partial charge in [0.1, 0.15) is 0 Å². The maximum Gasteiger partial charge on any atom is 0.358 e.